The molecule has 4 rings (SSSR count). The van der Waals surface area contributed by atoms with E-state index in [1.54, 1.807) is 19.1 Å². The van der Waals surface area contributed by atoms with E-state index in [0.29, 0.717) is 15.7 Å². The third kappa shape index (κ3) is 4.15. The maximum absolute atomic E-state index is 15.4. The lowest BCUT2D eigenvalue weighted by atomic mass is 10.1. The molecule has 3 N–H and O–H groups in total. The SMILES string of the molecule is C#Cc1cn([C@@H]2O[C@](F)(COP3(=O)OCc4cc(C)cc(C)c4O3)[C@@H](O)[C@H]2O)c(=O)[nH]c1=O. The number of aromatic amines is 1. The van der Waals surface area contributed by atoms with Crippen molar-refractivity contribution in [3.8, 4) is 18.1 Å². The number of hydrogen-bond acceptors (Lipinski definition) is 9. The van der Waals surface area contributed by atoms with Crippen molar-refractivity contribution in [1.29, 1.82) is 0 Å². The van der Waals surface area contributed by atoms with Crippen LogP contribution in [0.25, 0.3) is 0 Å². The van der Waals surface area contributed by atoms with Gasteiger partial charge in [0, 0.05) is 11.8 Å². The molecule has 0 aliphatic carbocycles. The second kappa shape index (κ2) is 8.22. The highest BCUT2D eigenvalue weighted by Crippen LogP contribution is 2.56. The van der Waals surface area contributed by atoms with Crippen LogP contribution < -0.4 is 15.8 Å². The minimum atomic E-state index is -4.30. The summed E-state index contributed by atoms with van der Waals surface area (Å²) in [6, 6.07) is 3.57. The highest BCUT2D eigenvalue weighted by atomic mass is 31.2. The molecule has 1 unspecified atom stereocenters. The van der Waals surface area contributed by atoms with Gasteiger partial charge in [0.2, 0.25) is 0 Å². The van der Waals surface area contributed by atoms with E-state index in [4.69, 9.17) is 24.7 Å². The average Bonchev–Trinajstić information content (AvgIpc) is 2.98. The number of hydrogen-bond donors (Lipinski definition) is 3. The van der Waals surface area contributed by atoms with E-state index < -0.39 is 50.0 Å². The number of alkyl halides is 1. The number of phosphoric ester groups is 1. The molecule has 5 atom stereocenters. The van der Waals surface area contributed by atoms with Crippen LogP contribution in [0.1, 0.15) is 28.5 Å². The zero-order valence-corrected chi connectivity index (χ0v) is 18.4. The molecule has 0 saturated carbocycles. The molecule has 11 nitrogen and oxygen atoms in total. The number of aliphatic hydroxyl groups is 2. The van der Waals surface area contributed by atoms with Gasteiger partial charge in [-0.2, -0.15) is 0 Å². The smallest absolute Gasteiger partial charge is 0.403 e. The Kier molecular flexibility index (Phi) is 5.82. The molecule has 0 spiro atoms. The Morgan fingerprint density at radius 1 is 1.39 bits per heavy atom. The highest BCUT2D eigenvalue weighted by Gasteiger charge is 2.57. The molecule has 1 saturated heterocycles. The number of aromatic nitrogens is 2. The summed E-state index contributed by atoms with van der Waals surface area (Å²) in [6.07, 6.45) is 0.114. The second-order valence-electron chi connectivity index (χ2n) is 7.74. The van der Waals surface area contributed by atoms with E-state index in [1.165, 1.54) is 0 Å². The van der Waals surface area contributed by atoms with Gasteiger partial charge < -0.3 is 19.5 Å². The zero-order valence-electron chi connectivity index (χ0n) is 17.5. The van der Waals surface area contributed by atoms with Crippen LogP contribution in [0.15, 0.2) is 27.9 Å². The van der Waals surface area contributed by atoms with Crippen molar-refractivity contribution in [2.24, 2.45) is 0 Å². The molecule has 0 radical (unpaired) electrons. The molecule has 3 heterocycles. The fourth-order valence-corrected chi connectivity index (χ4v) is 4.96. The minimum Gasteiger partial charge on any atom is -0.403 e. The fraction of sp³-hybridized carbons (Fsp3) is 0.400. The number of benzene rings is 1. The van der Waals surface area contributed by atoms with Crippen molar-refractivity contribution in [3.05, 3.63) is 61.4 Å². The summed E-state index contributed by atoms with van der Waals surface area (Å²) in [4.78, 5) is 25.7. The molecule has 1 fully saturated rings. The van der Waals surface area contributed by atoms with E-state index in [2.05, 4.69) is 0 Å². The van der Waals surface area contributed by atoms with E-state index in [-0.39, 0.29) is 17.9 Å². The van der Waals surface area contributed by atoms with E-state index >= 15 is 4.39 Å². The topological polar surface area (TPSA) is 149 Å². The largest absolute Gasteiger partial charge is 0.530 e. The number of aliphatic hydroxyl groups excluding tert-OH is 2. The summed E-state index contributed by atoms with van der Waals surface area (Å²) in [5, 5.41) is 20.5. The van der Waals surface area contributed by atoms with Crippen LogP contribution in [-0.2, 0) is 25.0 Å². The maximum Gasteiger partial charge on any atom is 0.530 e. The van der Waals surface area contributed by atoms with Gasteiger partial charge in [-0.05, 0) is 19.4 Å². The number of nitrogens with zero attached hydrogens (tertiary/aromatic N) is 1. The van der Waals surface area contributed by atoms with Crippen LogP contribution in [0.3, 0.4) is 0 Å². The van der Waals surface area contributed by atoms with E-state index in [9.17, 15) is 24.4 Å². The molecule has 2 aromatic rings. The first kappa shape index (κ1) is 23.4. The van der Waals surface area contributed by atoms with Crippen LogP contribution in [0.2, 0.25) is 0 Å². The van der Waals surface area contributed by atoms with Gasteiger partial charge in [0.1, 0.15) is 30.1 Å². The molecule has 13 heteroatoms. The summed E-state index contributed by atoms with van der Waals surface area (Å²) in [6.45, 7) is 2.31. The van der Waals surface area contributed by atoms with Crippen LogP contribution in [0.4, 0.5) is 4.39 Å². The number of fused-ring (bicyclic) bond motifs is 1. The Hall–Kier alpha value is -2.78. The third-order valence-corrected chi connectivity index (χ3v) is 6.56. The van der Waals surface area contributed by atoms with E-state index in [1.807, 2.05) is 17.8 Å². The molecule has 1 aromatic heterocycles. The monoisotopic (exact) mass is 482 g/mol. The lowest BCUT2D eigenvalue weighted by Gasteiger charge is -2.29. The number of H-pyrrole nitrogens is 1. The van der Waals surface area contributed by atoms with Crippen molar-refractivity contribution in [3.63, 3.8) is 0 Å². The van der Waals surface area contributed by atoms with Gasteiger partial charge in [-0.15, -0.1) is 6.42 Å². The van der Waals surface area contributed by atoms with Gasteiger partial charge in [0.05, 0.1) is 6.61 Å². The summed E-state index contributed by atoms with van der Waals surface area (Å²) in [7, 11) is -4.30. The van der Waals surface area contributed by atoms with E-state index in [0.717, 1.165) is 11.8 Å². The van der Waals surface area contributed by atoms with Gasteiger partial charge >= 0.3 is 13.5 Å². The predicted octanol–water partition coefficient (Wildman–Crippen LogP) is 0.785. The second-order valence-corrected chi connectivity index (χ2v) is 9.33. The fourth-order valence-electron chi connectivity index (χ4n) is 3.67. The normalized spacial score (nSPS) is 31.0. The summed E-state index contributed by atoms with van der Waals surface area (Å²) >= 11 is 0. The van der Waals surface area contributed by atoms with Crippen LogP contribution >= 0.6 is 7.82 Å². The first-order chi connectivity index (χ1) is 15.5. The first-order valence-electron chi connectivity index (χ1n) is 9.70. The van der Waals surface area contributed by atoms with Gasteiger partial charge in [0.25, 0.3) is 11.4 Å². The molecule has 0 amide bonds. The molecule has 176 valence electrons. The quantitative estimate of drug-likeness (QED) is 0.425. The lowest BCUT2D eigenvalue weighted by Crippen LogP contribution is -2.43. The Balaban J connectivity index is 1.55. The molecule has 2 aliphatic rings. The Bertz CT molecular complexity index is 1320. The number of ether oxygens (including phenoxy) is 1. The third-order valence-electron chi connectivity index (χ3n) is 5.27. The molecule has 2 aliphatic heterocycles. The molecule has 33 heavy (non-hydrogen) atoms. The number of nitrogens with one attached hydrogen (secondary N) is 1. The minimum absolute atomic E-state index is 0.120. The maximum atomic E-state index is 15.4. The Morgan fingerprint density at radius 3 is 2.82 bits per heavy atom. The zero-order chi connectivity index (χ0) is 24.1. The first-order valence-corrected chi connectivity index (χ1v) is 11.2. The summed E-state index contributed by atoms with van der Waals surface area (Å²) in [5.41, 5.74) is 0.0251. The highest BCUT2D eigenvalue weighted by molar-refractivity contribution is 7.49. The predicted molar refractivity (Wildman–Crippen MR) is 110 cm³/mol. The van der Waals surface area contributed by atoms with Crippen LogP contribution in [0.5, 0.6) is 5.75 Å². The number of rotatable bonds is 4. The molecule has 0 bridgehead atoms. The number of phosphoric acid groups is 1. The van der Waals surface area contributed by atoms with Gasteiger partial charge in [-0.3, -0.25) is 23.4 Å². The van der Waals surface area contributed by atoms with Crippen molar-refractivity contribution >= 4 is 7.82 Å². The Morgan fingerprint density at radius 2 is 2.12 bits per heavy atom. The van der Waals surface area contributed by atoms with Crippen molar-refractivity contribution in [2.45, 2.75) is 44.7 Å². The number of halogens is 1. The summed E-state index contributed by atoms with van der Waals surface area (Å²) in [5.74, 6) is -0.804. The lowest BCUT2D eigenvalue weighted by molar-refractivity contribution is -0.205. The molecular weight excluding hydrogens is 462 g/mol. The van der Waals surface area contributed by atoms with Crippen molar-refractivity contribution in [2.75, 3.05) is 6.61 Å². The van der Waals surface area contributed by atoms with Crippen molar-refractivity contribution < 1.29 is 37.5 Å². The van der Waals surface area contributed by atoms with Gasteiger partial charge in [-0.25, -0.2) is 13.8 Å². The Labute approximate surface area is 186 Å². The average molecular weight is 482 g/mol. The standard InChI is InChI=1S/C20H20FN2O9P/c1-4-12-7-23(19(27)22-17(12)26)18-14(24)16(25)20(21,31-18)9-30-33(28)29-8-13-6-10(2)5-11(3)15(13)32-33/h1,5-7,14,16,18,24-25H,8-9H2,2-3H3,(H,22,26,27)/t14-,16+,18-,20-,33?/m1/s1. The molecule has 1 aromatic carbocycles. The van der Waals surface area contributed by atoms with Crippen molar-refractivity contribution in [1.82, 2.24) is 9.55 Å². The number of aryl methyl sites for hydroxylation is 2. The number of terminal acetylenes is 1. The summed E-state index contributed by atoms with van der Waals surface area (Å²) < 4.78 is 49.6. The van der Waals surface area contributed by atoms with Gasteiger partial charge in [0.15, 0.2) is 6.23 Å². The van der Waals surface area contributed by atoms with Gasteiger partial charge in [-0.1, -0.05) is 23.6 Å². The van der Waals surface area contributed by atoms with Crippen LogP contribution in [-0.4, -0.2) is 44.4 Å². The van der Waals surface area contributed by atoms with Crippen LogP contribution in [0, 0.1) is 26.2 Å². The molecular formula is C20H20FN2O9P.